The average molecular weight is 266 g/mol. The number of rotatable bonds is 6. The number of nitrogens with zero attached hydrogens (tertiary/aromatic N) is 1. The van der Waals surface area contributed by atoms with Gasteiger partial charge in [0, 0.05) is 19.0 Å². The van der Waals surface area contributed by atoms with Gasteiger partial charge in [0.25, 0.3) is 0 Å². The Morgan fingerprint density at radius 2 is 1.89 bits per heavy atom. The molecule has 1 N–H and O–H groups in total. The van der Waals surface area contributed by atoms with E-state index in [-0.39, 0.29) is 23.7 Å². The summed E-state index contributed by atoms with van der Waals surface area (Å²) in [6.07, 6.45) is 3.61. The van der Waals surface area contributed by atoms with Crippen LogP contribution in [-0.4, -0.2) is 35.8 Å². The molecule has 4 heteroatoms. The molecule has 1 aliphatic rings. The van der Waals surface area contributed by atoms with Crippen molar-refractivity contribution in [3.8, 4) is 0 Å². The van der Waals surface area contributed by atoms with Crippen LogP contribution in [0.5, 0.6) is 0 Å². The number of hydrogen-bond donors (Lipinski definition) is 1. The van der Waals surface area contributed by atoms with Gasteiger partial charge in [-0.05, 0) is 32.6 Å². The van der Waals surface area contributed by atoms with Gasteiger partial charge in [-0.2, -0.15) is 0 Å². The van der Waals surface area contributed by atoms with Gasteiger partial charge >= 0.3 is 0 Å². The van der Waals surface area contributed by atoms with Crippen molar-refractivity contribution in [3.05, 3.63) is 12.3 Å². The summed E-state index contributed by atoms with van der Waals surface area (Å²) in [6, 6.07) is 0. The van der Waals surface area contributed by atoms with Crippen molar-refractivity contribution >= 4 is 11.7 Å². The zero-order chi connectivity index (χ0) is 14.4. The molecule has 0 spiro atoms. The van der Waals surface area contributed by atoms with Crippen molar-refractivity contribution < 1.29 is 9.53 Å². The van der Waals surface area contributed by atoms with Gasteiger partial charge in [0.15, 0.2) is 0 Å². The van der Waals surface area contributed by atoms with Crippen LogP contribution in [0.2, 0.25) is 0 Å². The minimum Gasteiger partial charge on any atom is -0.473 e. The number of ether oxygens (including phenoxy) is 1. The molecule has 1 saturated heterocycles. The third kappa shape index (κ3) is 4.37. The second-order valence-electron chi connectivity index (χ2n) is 5.20. The molecule has 0 radical (unpaired) electrons. The normalized spacial score (nSPS) is 16.5. The molecular weight excluding hydrogens is 240 g/mol. The number of piperidine rings is 1. The highest BCUT2D eigenvalue weighted by atomic mass is 16.5. The first-order valence-electron chi connectivity index (χ1n) is 7.19. The van der Waals surface area contributed by atoms with Crippen LogP contribution >= 0.6 is 0 Å². The van der Waals surface area contributed by atoms with E-state index in [1.165, 1.54) is 0 Å². The lowest BCUT2D eigenvalue weighted by molar-refractivity contribution is -0.121. The van der Waals surface area contributed by atoms with Gasteiger partial charge in [0.1, 0.15) is 5.78 Å². The van der Waals surface area contributed by atoms with Crippen LogP contribution in [0.4, 0.5) is 0 Å². The molecule has 1 heterocycles. The smallest absolute Gasteiger partial charge is 0.229 e. The summed E-state index contributed by atoms with van der Waals surface area (Å²) in [6.45, 7) is 11.3. The minimum absolute atomic E-state index is 0.0963. The van der Waals surface area contributed by atoms with Crippen molar-refractivity contribution in [1.82, 2.24) is 4.90 Å². The number of ketones is 1. The summed E-state index contributed by atoms with van der Waals surface area (Å²) in [5.41, 5.74) is 0.647. The Hall–Kier alpha value is -1.32. The highest BCUT2D eigenvalue weighted by Gasteiger charge is 2.25. The molecule has 0 unspecified atom stereocenters. The lowest BCUT2D eigenvalue weighted by Crippen LogP contribution is -2.38. The molecule has 0 aromatic heterocycles. The van der Waals surface area contributed by atoms with Crippen molar-refractivity contribution in [2.75, 3.05) is 13.1 Å². The van der Waals surface area contributed by atoms with Crippen LogP contribution in [-0.2, 0) is 9.53 Å². The predicted molar refractivity (Wildman–Crippen MR) is 77.3 cm³/mol. The van der Waals surface area contributed by atoms with Gasteiger partial charge in [-0.25, -0.2) is 0 Å². The van der Waals surface area contributed by atoms with Gasteiger partial charge in [0.2, 0.25) is 5.90 Å². The maximum Gasteiger partial charge on any atom is 0.229 e. The third-order valence-electron chi connectivity index (χ3n) is 3.91. The molecule has 108 valence electrons. The fourth-order valence-corrected chi connectivity index (χ4v) is 2.39. The van der Waals surface area contributed by atoms with Crippen LogP contribution < -0.4 is 0 Å². The lowest BCUT2D eigenvalue weighted by Gasteiger charge is -2.34. The predicted octanol–water partition coefficient (Wildman–Crippen LogP) is 2.98. The van der Waals surface area contributed by atoms with E-state index in [9.17, 15) is 4.79 Å². The molecule has 0 atom stereocenters. The average Bonchev–Trinajstić information content (AvgIpc) is 2.43. The first-order valence-corrected chi connectivity index (χ1v) is 7.19. The Kier molecular flexibility index (Phi) is 6.06. The topological polar surface area (TPSA) is 53.4 Å². The van der Waals surface area contributed by atoms with Gasteiger partial charge in [-0.15, -0.1) is 0 Å². The lowest BCUT2D eigenvalue weighted by atomic mass is 9.93. The second kappa shape index (κ2) is 7.31. The number of nitrogens with one attached hydrogen (secondary N) is 1. The molecule has 0 aromatic rings. The highest BCUT2D eigenvalue weighted by molar-refractivity contribution is 5.89. The quantitative estimate of drug-likeness (QED) is 0.594. The summed E-state index contributed by atoms with van der Waals surface area (Å²) in [5.74, 6) is 0.627. The Labute approximate surface area is 116 Å². The van der Waals surface area contributed by atoms with E-state index in [4.69, 9.17) is 10.1 Å². The molecule has 0 saturated carbocycles. The molecule has 0 aliphatic carbocycles. The number of hydrogen-bond acceptors (Lipinski definition) is 4. The first kappa shape index (κ1) is 15.7. The van der Waals surface area contributed by atoms with E-state index in [0.29, 0.717) is 5.70 Å². The number of carbonyl (C=O) groups excluding carboxylic acids is 1. The van der Waals surface area contributed by atoms with Crippen molar-refractivity contribution in [3.63, 3.8) is 0 Å². The Bertz CT molecular complexity index is 340. The van der Waals surface area contributed by atoms with Crippen molar-refractivity contribution in [2.45, 2.75) is 52.6 Å². The Morgan fingerprint density at radius 1 is 1.37 bits per heavy atom. The van der Waals surface area contributed by atoms with Crippen molar-refractivity contribution in [2.24, 2.45) is 5.92 Å². The number of likely N-dealkylation sites (tertiary alicyclic amines) is 1. The monoisotopic (exact) mass is 266 g/mol. The van der Waals surface area contributed by atoms with Gasteiger partial charge < -0.3 is 9.64 Å². The largest absolute Gasteiger partial charge is 0.473 e. The molecule has 1 aliphatic heterocycles. The molecule has 19 heavy (non-hydrogen) atoms. The Balaban J connectivity index is 2.46. The van der Waals surface area contributed by atoms with Gasteiger partial charge in [-0.1, -0.05) is 20.4 Å². The van der Waals surface area contributed by atoms with Crippen LogP contribution in [0.3, 0.4) is 0 Å². The van der Waals surface area contributed by atoms with Gasteiger partial charge in [0.05, 0.1) is 11.8 Å². The van der Waals surface area contributed by atoms with E-state index < -0.39 is 0 Å². The number of Topliss-reactive ketones (excluding diaryl/α,β-unsaturated/α-hetero) is 1. The maximum atomic E-state index is 11.3. The fraction of sp³-hybridized carbons (Fsp3) is 0.733. The standard InChI is InChI=1S/C15H26N2O2/c1-5-14(6-2)19-15(16)11(3)17-9-7-13(8-10-17)12(4)18/h13-14,16H,3,5-10H2,1-2,4H3. The van der Waals surface area contributed by atoms with Crippen molar-refractivity contribution in [1.29, 1.82) is 5.41 Å². The third-order valence-corrected chi connectivity index (χ3v) is 3.91. The molecule has 0 aromatic carbocycles. The summed E-state index contributed by atoms with van der Waals surface area (Å²) in [7, 11) is 0. The van der Waals surface area contributed by atoms with E-state index in [2.05, 4.69) is 25.3 Å². The van der Waals surface area contributed by atoms with Crippen LogP contribution in [0, 0.1) is 11.3 Å². The minimum atomic E-state index is 0.0963. The fourth-order valence-electron chi connectivity index (χ4n) is 2.39. The SMILES string of the molecule is C=C(C(=N)OC(CC)CC)N1CCC(C(C)=O)CC1. The van der Waals surface area contributed by atoms with Gasteiger partial charge in [-0.3, -0.25) is 10.2 Å². The molecular formula is C15H26N2O2. The number of carbonyl (C=O) groups is 1. The summed E-state index contributed by atoms with van der Waals surface area (Å²) in [4.78, 5) is 13.4. The maximum absolute atomic E-state index is 11.3. The van der Waals surface area contributed by atoms with Crippen LogP contribution in [0.25, 0.3) is 0 Å². The van der Waals surface area contributed by atoms with E-state index >= 15 is 0 Å². The zero-order valence-corrected chi connectivity index (χ0v) is 12.4. The second-order valence-corrected chi connectivity index (χ2v) is 5.20. The highest BCUT2D eigenvalue weighted by Crippen LogP contribution is 2.21. The van der Waals surface area contributed by atoms with Crippen LogP contribution in [0.15, 0.2) is 12.3 Å². The molecule has 4 nitrogen and oxygen atoms in total. The summed E-state index contributed by atoms with van der Waals surface area (Å²) >= 11 is 0. The summed E-state index contributed by atoms with van der Waals surface area (Å²) in [5, 5.41) is 7.97. The zero-order valence-electron chi connectivity index (χ0n) is 12.4. The first-order chi connectivity index (χ1) is 8.99. The molecule has 1 rings (SSSR count). The summed E-state index contributed by atoms with van der Waals surface area (Å²) < 4.78 is 5.61. The Morgan fingerprint density at radius 3 is 2.32 bits per heavy atom. The van der Waals surface area contributed by atoms with Crippen LogP contribution in [0.1, 0.15) is 46.5 Å². The van der Waals surface area contributed by atoms with E-state index in [0.717, 1.165) is 38.8 Å². The van der Waals surface area contributed by atoms with E-state index in [1.807, 2.05) is 0 Å². The molecule has 0 bridgehead atoms. The molecule has 0 amide bonds. The van der Waals surface area contributed by atoms with E-state index in [1.54, 1.807) is 6.92 Å². The molecule has 1 fully saturated rings.